The molecule has 3 heterocycles. The molecule has 0 fully saturated rings. The Balaban J connectivity index is 1.68. The molecule has 0 bridgehead atoms. The van der Waals surface area contributed by atoms with E-state index in [-0.39, 0.29) is 11.9 Å². The molecule has 1 atom stereocenters. The van der Waals surface area contributed by atoms with Gasteiger partial charge in [-0.25, -0.2) is 4.68 Å². The van der Waals surface area contributed by atoms with Crippen LogP contribution in [-0.2, 0) is 13.0 Å². The molecule has 4 rings (SSSR count). The molecule has 0 spiro atoms. The van der Waals surface area contributed by atoms with E-state index < -0.39 is 0 Å². The maximum Gasteiger partial charge on any atom is 0.254 e. The maximum atomic E-state index is 13.1. The number of fused-ring (bicyclic) bond motifs is 2. The number of benzene rings is 1. The van der Waals surface area contributed by atoms with E-state index >= 15 is 0 Å². The van der Waals surface area contributed by atoms with Crippen molar-refractivity contribution in [1.82, 2.24) is 19.9 Å². The van der Waals surface area contributed by atoms with Gasteiger partial charge in [0.15, 0.2) is 0 Å². The van der Waals surface area contributed by atoms with Gasteiger partial charge < -0.3 is 4.90 Å². The summed E-state index contributed by atoms with van der Waals surface area (Å²) < 4.78 is 1.84. The molecular weight excluding hydrogens is 320 g/mol. The lowest BCUT2D eigenvalue weighted by molar-refractivity contribution is 0.0657. The molecule has 5 nitrogen and oxygen atoms in total. The summed E-state index contributed by atoms with van der Waals surface area (Å²) in [7, 11) is 0. The second-order valence-corrected chi connectivity index (χ2v) is 7.08. The minimum Gasteiger partial charge on any atom is -0.331 e. The predicted octanol–water partition coefficient (Wildman–Crippen LogP) is 3.66. The molecule has 0 aliphatic carbocycles. The number of aromatic nitrogens is 3. The number of hydrogen-bond acceptors (Lipinski definition) is 4. The fourth-order valence-electron chi connectivity index (χ4n) is 3.58. The third-order valence-corrected chi connectivity index (χ3v) is 5.80. The van der Waals surface area contributed by atoms with Gasteiger partial charge >= 0.3 is 0 Å². The third kappa shape index (κ3) is 2.33. The number of thiophene rings is 1. The Morgan fingerprint density at radius 3 is 3.00 bits per heavy atom. The number of carbonyl (C=O) groups excluding carboxylic acids is 1. The Hall–Kier alpha value is -2.21. The van der Waals surface area contributed by atoms with E-state index in [2.05, 4.69) is 28.7 Å². The molecule has 1 amide bonds. The molecule has 3 aromatic rings. The van der Waals surface area contributed by atoms with Crippen LogP contribution in [0, 0.1) is 0 Å². The zero-order valence-electron chi connectivity index (χ0n) is 13.9. The highest BCUT2D eigenvalue weighted by molar-refractivity contribution is 7.10. The van der Waals surface area contributed by atoms with Crippen molar-refractivity contribution in [2.45, 2.75) is 39.3 Å². The summed E-state index contributed by atoms with van der Waals surface area (Å²) in [4.78, 5) is 16.5. The largest absolute Gasteiger partial charge is 0.331 e. The molecule has 1 aliphatic rings. The standard InChI is InChI=1S/C18H20N4OS/c1-3-15-13-8-10-24-17(13)7-9-21(15)18(23)12-5-6-16-14(11-12)19-20-22(16)4-2/h5-6,8,10-11,15H,3-4,7,9H2,1-2H3. The number of hydrogen-bond donors (Lipinski definition) is 0. The van der Waals surface area contributed by atoms with E-state index in [1.54, 1.807) is 11.3 Å². The molecule has 2 aromatic heterocycles. The topological polar surface area (TPSA) is 51.0 Å². The summed E-state index contributed by atoms with van der Waals surface area (Å²) in [6.45, 7) is 5.73. The quantitative estimate of drug-likeness (QED) is 0.731. The Morgan fingerprint density at radius 2 is 2.21 bits per heavy atom. The van der Waals surface area contributed by atoms with Crippen LogP contribution in [0.2, 0.25) is 0 Å². The zero-order chi connectivity index (χ0) is 16.7. The predicted molar refractivity (Wildman–Crippen MR) is 95.3 cm³/mol. The smallest absolute Gasteiger partial charge is 0.254 e. The van der Waals surface area contributed by atoms with Crippen molar-refractivity contribution in [1.29, 1.82) is 0 Å². The van der Waals surface area contributed by atoms with Crippen molar-refractivity contribution in [3.63, 3.8) is 0 Å². The fraction of sp³-hybridized carbons (Fsp3) is 0.389. The fourth-order valence-corrected chi connectivity index (χ4v) is 4.51. The van der Waals surface area contributed by atoms with Crippen molar-refractivity contribution >= 4 is 28.3 Å². The van der Waals surface area contributed by atoms with Crippen LogP contribution in [0.3, 0.4) is 0 Å². The van der Waals surface area contributed by atoms with Gasteiger partial charge in [0.2, 0.25) is 0 Å². The highest BCUT2D eigenvalue weighted by Crippen LogP contribution is 2.36. The molecule has 1 unspecified atom stereocenters. The van der Waals surface area contributed by atoms with Gasteiger partial charge in [-0.1, -0.05) is 12.1 Å². The molecule has 0 N–H and O–H groups in total. The third-order valence-electron chi connectivity index (χ3n) is 4.80. The second-order valence-electron chi connectivity index (χ2n) is 6.08. The van der Waals surface area contributed by atoms with Crippen molar-refractivity contribution in [2.75, 3.05) is 6.54 Å². The van der Waals surface area contributed by atoms with E-state index in [4.69, 9.17) is 0 Å². The van der Waals surface area contributed by atoms with E-state index in [1.807, 2.05) is 34.7 Å². The normalized spacial score (nSPS) is 17.2. The first kappa shape index (κ1) is 15.3. The van der Waals surface area contributed by atoms with E-state index in [9.17, 15) is 4.79 Å². The van der Waals surface area contributed by atoms with Gasteiger partial charge in [-0.15, -0.1) is 16.4 Å². The molecular formula is C18H20N4OS. The summed E-state index contributed by atoms with van der Waals surface area (Å²) in [5.74, 6) is 0.0895. The van der Waals surface area contributed by atoms with Gasteiger partial charge in [-0.2, -0.15) is 0 Å². The molecule has 0 saturated carbocycles. The average Bonchev–Trinajstić information content (AvgIpc) is 3.25. The molecule has 0 radical (unpaired) electrons. The Kier molecular flexibility index (Phi) is 3.84. The second kappa shape index (κ2) is 6.02. The van der Waals surface area contributed by atoms with Gasteiger partial charge in [-0.05, 0) is 55.0 Å². The monoisotopic (exact) mass is 340 g/mol. The summed E-state index contributed by atoms with van der Waals surface area (Å²) in [5.41, 5.74) is 3.77. The Morgan fingerprint density at radius 1 is 1.33 bits per heavy atom. The molecule has 6 heteroatoms. The first-order valence-electron chi connectivity index (χ1n) is 8.43. The SMILES string of the molecule is CCC1c2ccsc2CCN1C(=O)c1ccc2c(c1)nnn2CC. The van der Waals surface area contributed by atoms with Gasteiger partial charge in [-0.3, -0.25) is 4.79 Å². The average molecular weight is 340 g/mol. The minimum absolute atomic E-state index is 0.0895. The van der Waals surface area contributed by atoms with Crippen LogP contribution in [0.5, 0.6) is 0 Å². The lowest BCUT2D eigenvalue weighted by Gasteiger charge is -2.35. The molecule has 1 aromatic carbocycles. The van der Waals surface area contributed by atoms with Crippen LogP contribution < -0.4 is 0 Å². The van der Waals surface area contributed by atoms with Crippen molar-refractivity contribution in [3.8, 4) is 0 Å². The maximum absolute atomic E-state index is 13.1. The van der Waals surface area contributed by atoms with Crippen LogP contribution in [0.1, 0.15) is 47.1 Å². The van der Waals surface area contributed by atoms with Crippen molar-refractivity contribution in [2.24, 2.45) is 0 Å². The number of rotatable bonds is 3. The minimum atomic E-state index is 0.0895. The van der Waals surface area contributed by atoms with Crippen LogP contribution in [0.15, 0.2) is 29.6 Å². The Labute approximate surface area is 144 Å². The number of aryl methyl sites for hydroxylation is 1. The first-order chi connectivity index (χ1) is 11.7. The molecule has 24 heavy (non-hydrogen) atoms. The van der Waals surface area contributed by atoms with E-state index in [0.29, 0.717) is 5.56 Å². The number of amides is 1. The highest BCUT2D eigenvalue weighted by Gasteiger charge is 2.31. The summed E-state index contributed by atoms with van der Waals surface area (Å²) in [6, 6.07) is 8.06. The van der Waals surface area contributed by atoms with Crippen LogP contribution >= 0.6 is 11.3 Å². The van der Waals surface area contributed by atoms with Crippen LogP contribution in [0.4, 0.5) is 0 Å². The summed E-state index contributed by atoms with van der Waals surface area (Å²) in [6.07, 6.45) is 1.88. The number of carbonyl (C=O) groups is 1. The van der Waals surface area contributed by atoms with E-state index in [1.165, 1.54) is 10.4 Å². The zero-order valence-corrected chi connectivity index (χ0v) is 14.7. The molecule has 124 valence electrons. The van der Waals surface area contributed by atoms with Crippen LogP contribution in [0.25, 0.3) is 11.0 Å². The first-order valence-corrected chi connectivity index (χ1v) is 9.31. The van der Waals surface area contributed by atoms with Crippen molar-refractivity contribution in [3.05, 3.63) is 45.6 Å². The van der Waals surface area contributed by atoms with Gasteiger partial charge in [0, 0.05) is 23.5 Å². The lowest BCUT2D eigenvalue weighted by atomic mass is 9.97. The summed E-state index contributed by atoms with van der Waals surface area (Å²) in [5, 5.41) is 10.4. The van der Waals surface area contributed by atoms with E-state index in [0.717, 1.165) is 37.0 Å². The molecule has 0 saturated heterocycles. The highest BCUT2D eigenvalue weighted by atomic mass is 32.1. The van der Waals surface area contributed by atoms with Crippen LogP contribution in [-0.4, -0.2) is 32.3 Å². The van der Waals surface area contributed by atoms with Gasteiger partial charge in [0.1, 0.15) is 5.52 Å². The molecule has 1 aliphatic heterocycles. The van der Waals surface area contributed by atoms with Gasteiger partial charge in [0.25, 0.3) is 5.91 Å². The lowest BCUT2D eigenvalue weighted by Crippen LogP contribution is -2.39. The Bertz CT molecular complexity index is 897. The summed E-state index contributed by atoms with van der Waals surface area (Å²) >= 11 is 1.80. The number of nitrogens with zero attached hydrogens (tertiary/aromatic N) is 4. The van der Waals surface area contributed by atoms with Crippen molar-refractivity contribution < 1.29 is 4.79 Å². The van der Waals surface area contributed by atoms with Gasteiger partial charge in [0.05, 0.1) is 11.6 Å².